The van der Waals surface area contributed by atoms with E-state index in [1.165, 1.54) is 6.07 Å². The summed E-state index contributed by atoms with van der Waals surface area (Å²) in [5, 5.41) is 15.8. The summed E-state index contributed by atoms with van der Waals surface area (Å²) in [5.74, 6) is 0.567. The minimum absolute atomic E-state index is 0.0136. The Kier molecular flexibility index (Phi) is 8.10. The average molecular weight is 551 g/mol. The molecule has 206 valence electrons. The minimum Gasteiger partial charge on any atom is -0.495 e. The Labute approximate surface area is 233 Å². The summed E-state index contributed by atoms with van der Waals surface area (Å²) in [6.07, 6.45) is 2.76. The predicted molar refractivity (Wildman–Crippen MR) is 152 cm³/mol. The van der Waals surface area contributed by atoms with Gasteiger partial charge in [0, 0.05) is 55.9 Å². The smallest absolute Gasteiger partial charge is 0.271 e. The molecular weight excluding hydrogens is 516 g/mol. The first-order chi connectivity index (χ1) is 18.9. The summed E-state index contributed by atoms with van der Waals surface area (Å²) >= 11 is 5.88. The third-order valence-corrected chi connectivity index (χ3v) is 7.93. The highest BCUT2D eigenvalue weighted by molar-refractivity contribution is 7.80. The van der Waals surface area contributed by atoms with Gasteiger partial charge < -0.3 is 24.3 Å². The van der Waals surface area contributed by atoms with Crippen molar-refractivity contribution in [1.29, 1.82) is 0 Å². The van der Waals surface area contributed by atoms with E-state index < -0.39 is 0 Å². The van der Waals surface area contributed by atoms with Gasteiger partial charge in [0.15, 0.2) is 5.11 Å². The molecule has 2 saturated heterocycles. The number of hydrogen-bond donors (Lipinski definition) is 1. The fraction of sp³-hybridized carbons (Fsp3) is 0.429. The van der Waals surface area contributed by atoms with Gasteiger partial charge in [0.1, 0.15) is 5.75 Å². The van der Waals surface area contributed by atoms with Gasteiger partial charge in [0.2, 0.25) is 0 Å². The molecule has 0 aliphatic carbocycles. The fourth-order valence-electron chi connectivity index (χ4n) is 5.70. The van der Waals surface area contributed by atoms with Crippen molar-refractivity contribution in [2.24, 2.45) is 0 Å². The quantitative estimate of drug-likeness (QED) is 0.240. The minimum atomic E-state index is -0.384. The number of benzene rings is 1. The lowest BCUT2D eigenvalue weighted by Gasteiger charge is -2.30. The highest BCUT2D eigenvalue weighted by Crippen LogP contribution is 2.42. The van der Waals surface area contributed by atoms with E-state index in [0.29, 0.717) is 16.5 Å². The fourth-order valence-corrected chi connectivity index (χ4v) is 6.03. The molecule has 1 aromatic carbocycles. The van der Waals surface area contributed by atoms with Crippen LogP contribution in [0, 0.1) is 24.0 Å². The number of nitrogens with zero attached hydrogens (tertiary/aromatic N) is 5. The summed E-state index contributed by atoms with van der Waals surface area (Å²) in [7, 11) is 1.58. The zero-order valence-electron chi connectivity index (χ0n) is 22.5. The van der Waals surface area contributed by atoms with Crippen molar-refractivity contribution in [2.75, 3.05) is 46.5 Å². The molecule has 0 unspecified atom stereocenters. The molecular formula is C28H34N6O4S. The van der Waals surface area contributed by atoms with Gasteiger partial charge in [0.05, 0.1) is 48.7 Å². The first kappa shape index (κ1) is 27.0. The number of pyridine rings is 1. The molecule has 0 radical (unpaired) electrons. The Morgan fingerprint density at radius 2 is 1.97 bits per heavy atom. The van der Waals surface area contributed by atoms with Crippen LogP contribution in [0.5, 0.6) is 5.75 Å². The number of hydrogen-bond acceptors (Lipinski definition) is 7. The lowest BCUT2D eigenvalue weighted by atomic mass is 9.96. The van der Waals surface area contributed by atoms with Crippen LogP contribution in [0.1, 0.15) is 41.1 Å². The number of morpholine rings is 1. The molecule has 2 aromatic heterocycles. The van der Waals surface area contributed by atoms with Gasteiger partial charge in [0.25, 0.3) is 5.69 Å². The summed E-state index contributed by atoms with van der Waals surface area (Å²) in [4.78, 5) is 20.6. The molecule has 0 amide bonds. The van der Waals surface area contributed by atoms with Crippen molar-refractivity contribution >= 4 is 23.0 Å². The third-order valence-electron chi connectivity index (χ3n) is 7.58. The van der Waals surface area contributed by atoms with Crippen LogP contribution in [-0.4, -0.2) is 75.9 Å². The average Bonchev–Trinajstić information content (AvgIpc) is 3.43. The molecule has 0 spiro atoms. The Hall–Kier alpha value is -3.54. The summed E-state index contributed by atoms with van der Waals surface area (Å²) < 4.78 is 13.1. The van der Waals surface area contributed by atoms with E-state index in [1.807, 2.05) is 36.6 Å². The second-order valence-corrected chi connectivity index (χ2v) is 10.3. The molecule has 10 nitrogen and oxygen atoms in total. The van der Waals surface area contributed by atoms with E-state index >= 15 is 0 Å². The molecule has 2 fully saturated rings. The van der Waals surface area contributed by atoms with Gasteiger partial charge >= 0.3 is 0 Å². The van der Waals surface area contributed by atoms with Crippen LogP contribution in [0.15, 0.2) is 48.7 Å². The highest BCUT2D eigenvalue weighted by Gasteiger charge is 2.41. The van der Waals surface area contributed by atoms with Crippen LogP contribution >= 0.6 is 12.2 Å². The van der Waals surface area contributed by atoms with Gasteiger partial charge in [-0.1, -0.05) is 6.07 Å². The van der Waals surface area contributed by atoms with Crippen molar-refractivity contribution < 1.29 is 14.4 Å². The van der Waals surface area contributed by atoms with Gasteiger partial charge in [-0.25, -0.2) is 0 Å². The number of nitro benzene ring substituents is 1. The van der Waals surface area contributed by atoms with E-state index in [0.717, 1.165) is 68.5 Å². The van der Waals surface area contributed by atoms with Crippen molar-refractivity contribution in [3.63, 3.8) is 0 Å². The van der Waals surface area contributed by atoms with E-state index in [1.54, 1.807) is 25.4 Å². The number of aromatic nitrogens is 2. The monoisotopic (exact) mass is 550 g/mol. The van der Waals surface area contributed by atoms with Crippen molar-refractivity contribution in [1.82, 2.24) is 24.7 Å². The van der Waals surface area contributed by atoms with E-state index in [9.17, 15) is 10.1 Å². The van der Waals surface area contributed by atoms with E-state index in [4.69, 9.17) is 21.7 Å². The lowest BCUT2D eigenvalue weighted by Crippen LogP contribution is -2.39. The Morgan fingerprint density at radius 3 is 2.67 bits per heavy atom. The lowest BCUT2D eigenvalue weighted by molar-refractivity contribution is -0.384. The molecule has 2 aliphatic rings. The number of ether oxygens (including phenoxy) is 2. The molecule has 11 heteroatoms. The zero-order chi connectivity index (χ0) is 27.5. The third kappa shape index (κ3) is 5.47. The van der Waals surface area contributed by atoms with Crippen LogP contribution in [0.4, 0.5) is 5.69 Å². The van der Waals surface area contributed by atoms with Gasteiger partial charge in [-0.3, -0.25) is 20.0 Å². The van der Waals surface area contributed by atoms with E-state index in [2.05, 4.69) is 26.2 Å². The van der Waals surface area contributed by atoms with Gasteiger partial charge in [-0.05, 0) is 62.3 Å². The van der Waals surface area contributed by atoms with Crippen LogP contribution in [0.3, 0.4) is 0 Å². The molecule has 4 heterocycles. The maximum atomic E-state index is 11.6. The molecule has 39 heavy (non-hydrogen) atoms. The number of nitro groups is 1. The van der Waals surface area contributed by atoms with E-state index in [-0.39, 0.29) is 22.7 Å². The normalized spacial score (nSPS) is 19.8. The van der Waals surface area contributed by atoms with Crippen LogP contribution in [0.2, 0.25) is 0 Å². The van der Waals surface area contributed by atoms with Gasteiger partial charge in [-0.2, -0.15) is 0 Å². The first-order valence-electron chi connectivity index (χ1n) is 13.2. The highest BCUT2D eigenvalue weighted by atomic mass is 32.1. The predicted octanol–water partition coefficient (Wildman–Crippen LogP) is 4.10. The SMILES string of the molecule is COc1ccc([N+](=O)[O-])cc1-n1c(C)cc([C@H]2[C@@H](c3ccccn3)NC(=S)N2CCCN2CCOCC2)c1C. The molecule has 2 aliphatic heterocycles. The Balaban J connectivity index is 1.53. The van der Waals surface area contributed by atoms with Crippen molar-refractivity contribution in [3.8, 4) is 11.4 Å². The Morgan fingerprint density at radius 1 is 1.18 bits per heavy atom. The Bertz CT molecular complexity index is 1340. The maximum Gasteiger partial charge on any atom is 0.271 e. The zero-order valence-corrected chi connectivity index (χ0v) is 23.3. The molecule has 1 N–H and O–H groups in total. The van der Waals surface area contributed by atoms with Crippen molar-refractivity contribution in [3.05, 3.63) is 81.4 Å². The van der Waals surface area contributed by atoms with Crippen LogP contribution in [-0.2, 0) is 4.74 Å². The second kappa shape index (κ2) is 11.7. The van der Waals surface area contributed by atoms with Crippen molar-refractivity contribution in [2.45, 2.75) is 32.4 Å². The number of rotatable bonds is 9. The summed E-state index contributed by atoms with van der Waals surface area (Å²) in [6, 6.07) is 12.5. The molecule has 3 aromatic rings. The number of thiocarbonyl (C=S) groups is 1. The first-order valence-corrected chi connectivity index (χ1v) is 13.6. The molecule has 5 rings (SSSR count). The molecule has 0 saturated carbocycles. The molecule has 0 bridgehead atoms. The number of nitrogens with one attached hydrogen (secondary N) is 1. The number of methoxy groups -OCH3 is 1. The van der Waals surface area contributed by atoms with Gasteiger partial charge in [-0.15, -0.1) is 0 Å². The van der Waals surface area contributed by atoms with Crippen LogP contribution in [0.25, 0.3) is 5.69 Å². The molecule has 2 atom stereocenters. The summed E-state index contributed by atoms with van der Waals surface area (Å²) in [6.45, 7) is 9.29. The maximum absolute atomic E-state index is 11.6. The number of aryl methyl sites for hydroxylation is 1. The van der Waals surface area contributed by atoms with Crippen LogP contribution < -0.4 is 10.1 Å². The standard InChI is InChI=1S/C28H34N6O4S/c1-19-17-22(20(2)33(19)24-18-21(34(35)36)8-9-25(24)37-3)27-26(23-7-4-5-10-29-23)30-28(39)32(27)12-6-11-31-13-15-38-16-14-31/h4-5,7-10,17-18,26-27H,6,11-16H2,1-3H3,(H,30,39)/t26-,27+/m1/s1. The second-order valence-electron chi connectivity index (χ2n) is 9.90. The largest absolute Gasteiger partial charge is 0.495 e. The summed E-state index contributed by atoms with van der Waals surface area (Å²) in [5.41, 5.74) is 4.58. The topological polar surface area (TPSA) is 97.9 Å². The number of non-ortho nitro benzene ring substituents is 1.